The number of nitrogens with one attached hydrogen (secondary N) is 1. The Balaban J connectivity index is 1.76. The second kappa shape index (κ2) is 9.30. The van der Waals surface area contributed by atoms with Crippen LogP contribution in [-0.2, 0) is 11.2 Å². The second-order valence-corrected chi connectivity index (χ2v) is 5.89. The first kappa shape index (κ1) is 18.3. The first-order chi connectivity index (χ1) is 11.6. The van der Waals surface area contributed by atoms with E-state index >= 15 is 0 Å². The van der Waals surface area contributed by atoms with Crippen LogP contribution in [0.15, 0.2) is 48.5 Å². The summed E-state index contributed by atoms with van der Waals surface area (Å²) >= 11 is 5.81. The molecule has 1 amide bonds. The first-order valence-electron chi connectivity index (χ1n) is 8.00. The molecule has 4 nitrogen and oxygen atoms in total. The smallest absolute Gasteiger partial charge is 0.222 e. The van der Waals surface area contributed by atoms with E-state index < -0.39 is 6.10 Å². The largest absolute Gasteiger partial charge is 0.494 e. The molecule has 0 radical (unpaired) electrons. The topological polar surface area (TPSA) is 58.6 Å². The molecule has 0 saturated carbocycles. The van der Waals surface area contributed by atoms with Crippen molar-refractivity contribution in [2.75, 3.05) is 13.2 Å². The van der Waals surface area contributed by atoms with Gasteiger partial charge in [-0.05, 0) is 48.7 Å². The Bertz CT molecular complexity index is 658. The van der Waals surface area contributed by atoms with Gasteiger partial charge in [-0.2, -0.15) is 0 Å². The number of ether oxygens (including phenoxy) is 1. The molecule has 0 bridgehead atoms. The maximum absolute atomic E-state index is 11.9. The monoisotopic (exact) mass is 347 g/mol. The Morgan fingerprint density at radius 2 is 2.00 bits per heavy atom. The highest BCUT2D eigenvalue weighted by molar-refractivity contribution is 6.30. The summed E-state index contributed by atoms with van der Waals surface area (Å²) in [6, 6.07) is 14.7. The fraction of sp³-hybridized carbons (Fsp3) is 0.316. The van der Waals surface area contributed by atoms with Crippen molar-refractivity contribution in [2.24, 2.45) is 0 Å². The number of carbonyl (C=O) groups excluding carboxylic acids is 1. The van der Waals surface area contributed by atoms with Gasteiger partial charge in [-0.25, -0.2) is 0 Å². The number of aliphatic hydroxyl groups is 1. The molecule has 0 heterocycles. The molecule has 1 unspecified atom stereocenters. The van der Waals surface area contributed by atoms with Gasteiger partial charge in [0.2, 0.25) is 5.91 Å². The van der Waals surface area contributed by atoms with E-state index in [-0.39, 0.29) is 12.3 Å². The van der Waals surface area contributed by atoms with Crippen molar-refractivity contribution < 1.29 is 14.6 Å². The third kappa shape index (κ3) is 5.87. The second-order valence-electron chi connectivity index (χ2n) is 5.45. The van der Waals surface area contributed by atoms with Crippen LogP contribution in [-0.4, -0.2) is 24.2 Å². The molecule has 0 aliphatic heterocycles. The van der Waals surface area contributed by atoms with E-state index in [1.807, 2.05) is 31.2 Å². The maximum Gasteiger partial charge on any atom is 0.222 e. The summed E-state index contributed by atoms with van der Waals surface area (Å²) in [5.41, 5.74) is 1.78. The number of amides is 1. The number of rotatable bonds is 8. The van der Waals surface area contributed by atoms with Crippen molar-refractivity contribution in [3.8, 4) is 5.75 Å². The highest BCUT2D eigenvalue weighted by atomic mass is 35.5. The minimum absolute atomic E-state index is 0.0284. The third-order valence-electron chi connectivity index (χ3n) is 3.58. The predicted octanol–water partition coefficient (Wildman–Crippen LogP) is 3.52. The molecular formula is C19H22ClNO3. The molecule has 2 N–H and O–H groups in total. The lowest BCUT2D eigenvalue weighted by atomic mass is 10.1. The van der Waals surface area contributed by atoms with Crippen LogP contribution in [0.3, 0.4) is 0 Å². The van der Waals surface area contributed by atoms with E-state index in [2.05, 4.69) is 5.32 Å². The van der Waals surface area contributed by atoms with E-state index in [1.165, 1.54) is 0 Å². The number of carbonyl (C=O) groups is 1. The molecule has 24 heavy (non-hydrogen) atoms. The minimum Gasteiger partial charge on any atom is -0.494 e. The Morgan fingerprint density at radius 1 is 1.25 bits per heavy atom. The SMILES string of the molecule is CCOc1cccc(CCNC(=O)CC(O)c2ccc(Cl)cc2)c1. The van der Waals surface area contributed by atoms with E-state index in [0.717, 1.165) is 11.3 Å². The summed E-state index contributed by atoms with van der Waals surface area (Å²) in [6.07, 6.45) is -0.0897. The average Bonchev–Trinajstić information content (AvgIpc) is 2.56. The molecule has 128 valence electrons. The lowest BCUT2D eigenvalue weighted by Crippen LogP contribution is -2.27. The molecule has 0 aromatic heterocycles. The number of benzene rings is 2. The van der Waals surface area contributed by atoms with Crippen molar-refractivity contribution >= 4 is 17.5 Å². The Hall–Kier alpha value is -2.04. The zero-order valence-corrected chi connectivity index (χ0v) is 14.4. The Morgan fingerprint density at radius 3 is 2.71 bits per heavy atom. The van der Waals surface area contributed by atoms with Gasteiger partial charge in [0.25, 0.3) is 0 Å². The number of halogens is 1. The lowest BCUT2D eigenvalue weighted by Gasteiger charge is -2.12. The lowest BCUT2D eigenvalue weighted by molar-refractivity contribution is -0.123. The molecule has 5 heteroatoms. The van der Waals surface area contributed by atoms with Crippen LogP contribution in [0, 0.1) is 0 Å². The van der Waals surface area contributed by atoms with Crippen LogP contribution in [0.2, 0.25) is 5.02 Å². The molecule has 0 saturated heterocycles. The highest BCUT2D eigenvalue weighted by Gasteiger charge is 2.12. The molecule has 2 aromatic carbocycles. The Labute approximate surface area is 147 Å². The average molecular weight is 348 g/mol. The van der Waals surface area contributed by atoms with Crippen LogP contribution < -0.4 is 10.1 Å². The standard InChI is InChI=1S/C19H22ClNO3/c1-2-24-17-5-3-4-14(12-17)10-11-21-19(23)13-18(22)15-6-8-16(20)9-7-15/h3-9,12,18,22H,2,10-11,13H2,1H3,(H,21,23). The van der Waals surface area contributed by atoms with E-state index in [0.29, 0.717) is 30.2 Å². The first-order valence-corrected chi connectivity index (χ1v) is 8.38. The summed E-state index contributed by atoms with van der Waals surface area (Å²) in [6.45, 7) is 3.09. The van der Waals surface area contributed by atoms with Crippen LogP contribution in [0.5, 0.6) is 5.75 Å². The molecule has 0 fully saturated rings. The summed E-state index contributed by atoms with van der Waals surface area (Å²) in [5, 5.41) is 13.5. The fourth-order valence-corrected chi connectivity index (χ4v) is 2.48. The third-order valence-corrected chi connectivity index (χ3v) is 3.83. The predicted molar refractivity (Wildman–Crippen MR) is 95.4 cm³/mol. The molecule has 2 rings (SSSR count). The highest BCUT2D eigenvalue weighted by Crippen LogP contribution is 2.19. The number of hydrogen-bond donors (Lipinski definition) is 2. The zero-order valence-electron chi connectivity index (χ0n) is 13.7. The molecule has 0 spiro atoms. The minimum atomic E-state index is -0.830. The Kier molecular flexibility index (Phi) is 7.09. The number of hydrogen-bond acceptors (Lipinski definition) is 3. The fourth-order valence-electron chi connectivity index (χ4n) is 2.35. The van der Waals surface area contributed by atoms with Crippen molar-refractivity contribution in [1.82, 2.24) is 5.32 Å². The van der Waals surface area contributed by atoms with Crippen LogP contribution >= 0.6 is 11.6 Å². The summed E-state index contributed by atoms with van der Waals surface area (Å²) in [5.74, 6) is 0.651. The maximum atomic E-state index is 11.9. The van der Waals surface area contributed by atoms with E-state index in [1.54, 1.807) is 24.3 Å². The van der Waals surface area contributed by atoms with Crippen molar-refractivity contribution in [2.45, 2.75) is 25.9 Å². The quantitative estimate of drug-likeness (QED) is 0.768. The van der Waals surface area contributed by atoms with Crippen molar-refractivity contribution in [1.29, 1.82) is 0 Å². The summed E-state index contributed by atoms with van der Waals surface area (Å²) in [4.78, 5) is 11.9. The molecular weight excluding hydrogens is 326 g/mol. The van der Waals surface area contributed by atoms with Crippen molar-refractivity contribution in [3.63, 3.8) is 0 Å². The van der Waals surface area contributed by atoms with Crippen LogP contribution in [0.4, 0.5) is 0 Å². The van der Waals surface area contributed by atoms with Gasteiger partial charge in [0.15, 0.2) is 0 Å². The van der Waals surface area contributed by atoms with Crippen LogP contribution in [0.25, 0.3) is 0 Å². The van der Waals surface area contributed by atoms with Crippen LogP contribution in [0.1, 0.15) is 30.6 Å². The molecule has 0 aliphatic carbocycles. The summed E-state index contributed by atoms with van der Waals surface area (Å²) in [7, 11) is 0. The normalized spacial score (nSPS) is 11.8. The van der Waals surface area contributed by atoms with Gasteiger partial charge < -0.3 is 15.2 Å². The van der Waals surface area contributed by atoms with Gasteiger partial charge in [0.1, 0.15) is 5.75 Å². The van der Waals surface area contributed by atoms with Gasteiger partial charge in [-0.3, -0.25) is 4.79 Å². The molecule has 2 aromatic rings. The molecule has 1 atom stereocenters. The van der Waals surface area contributed by atoms with E-state index in [9.17, 15) is 9.90 Å². The summed E-state index contributed by atoms with van der Waals surface area (Å²) < 4.78 is 5.45. The van der Waals surface area contributed by atoms with Gasteiger partial charge in [-0.15, -0.1) is 0 Å². The zero-order chi connectivity index (χ0) is 17.4. The van der Waals surface area contributed by atoms with Gasteiger partial charge in [-0.1, -0.05) is 35.9 Å². The van der Waals surface area contributed by atoms with Gasteiger partial charge in [0, 0.05) is 11.6 Å². The number of aliphatic hydroxyl groups excluding tert-OH is 1. The van der Waals surface area contributed by atoms with Gasteiger partial charge in [0.05, 0.1) is 19.1 Å². The molecule has 0 aliphatic rings. The van der Waals surface area contributed by atoms with Gasteiger partial charge >= 0.3 is 0 Å². The van der Waals surface area contributed by atoms with Crippen molar-refractivity contribution in [3.05, 3.63) is 64.7 Å². The van der Waals surface area contributed by atoms with E-state index in [4.69, 9.17) is 16.3 Å².